The summed E-state index contributed by atoms with van der Waals surface area (Å²) in [5, 5.41) is 0. The zero-order chi connectivity index (χ0) is 14.1. The second kappa shape index (κ2) is 8.74. The van der Waals surface area contributed by atoms with Gasteiger partial charge in [0.05, 0.1) is 0 Å². The number of hydrogen-bond donors (Lipinski definition) is 0. The Morgan fingerprint density at radius 2 is 1.95 bits per heavy atom. The first-order valence-electron chi connectivity index (χ1n) is 7.54. The number of benzene rings is 1. The van der Waals surface area contributed by atoms with Gasteiger partial charge in [-0.1, -0.05) is 74.8 Å². The van der Waals surface area contributed by atoms with Gasteiger partial charge in [-0.3, -0.25) is 0 Å². The molecule has 1 aromatic carbocycles. The van der Waals surface area contributed by atoms with Crippen molar-refractivity contribution in [1.82, 2.24) is 0 Å². The van der Waals surface area contributed by atoms with Crippen molar-refractivity contribution in [2.75, 3.05) is 0 Å². The highest BCUT2D eigenvalue weighted by atomic mass is 14.1. The quantitative estimate of drug-likeness (QED) is 0.385. The Morgan fingerprint density at radius 3 is 2.58 bits per heavy atom. The van der Waals surface area contributed by atoms with Gasteiger partial charge in [0.1, 0.15) is 0 Å². The third-order valence-corrected chi connectivity index (χ3v) is 3.61. The molecule has 0 N–H and O–H groups in total. The van der Waals surface area contributed by atoms with Crippen molar-refractivity contribution in [3.63, 3.8) is 0 Å². The van der Waals surface area contributed by atoms with E-state index in [1.165, 1.54) is 48.8 Å². The molecule has 0 aliphatic carbocycles. The van der Waals surface area contributed by atoms with Crippen LogP contribution >= 0.6 is 0 Å². The predicted octanol–water partition coefficient (Wildman–Crippen LogP) is 6.18. The van der Waals surface area contributed by atoms with Crippen LogP contribution in [0.4, 0.5) is 0 Å². The Labute approximate surface area is 119 Å². The van der Waals surface area contributed by atoms with Crippen molar-refractivity contribution in [3.8, 4) is 0 Å². The molecular weight excluding hydrogens is 228 g/mol. The number of unbranched alkanes of at least 4 members (excludes halogenated alkanes) is 4. The minimum atomic E-state index is 0.368. The van der Waals surface area contributed by atoms with Crippen molar-refractivity contribution in [2.45, 2.75) is 58.8 Å². The van der Waals surface area contributed by atoms with Crippen molar-refractivity contribution >= 4 is 0 Å². The zero-order valence-corrected chi connectivity index (χ0v) is 12.8. The summed E-state index contributed by atoms with van der Waals surface area (Å²) in [5.74, 6) is 0.368. The highest BCUT2D eigenvalue weighted by Gasteiger charge is 2.10. The molecule has 0 aliphatic heterocycles. The van der Waals surface area contributed by atoms with E-state index in [9.17, 15) is 0 Å². The first-order valence-corrected chi connectivity index (χ1v) is 7.54. The largest absolute Gasteiger partial charge is 0.0992 e. The highest BCUT2D eigenvalue weighted by Crippen LogP contribution is 2.27. The van der Waals surface area contributed by atoms with Gasteiger partial charge in [-0.15, -0.1) is 0 Å². The molecule has 104 valence electrons. The Kier molecular flexibility index (Phi) is 7.25. The standard InChI is InChI=1S/C19H28/c1-5-6-7-8-9-10-14-18(16(2)3)19-15-12-11-13-17(19)4/h10-15,18H,2,5-9H2,1,3-4H3/b14-10+/t18-/m0/s1. The zero-order valence-electron chi connectivity index (χ0n) is 12.8. The van der Waals surface area contributed by atoms with E-state index >= 15 is 0 Å². The van der Waals surface area contributed by atoms with Crippen molar-refractivity contribution < 1.29 is 0 Å². The van der Waals surface area contributed by atoms with Crippen LogP contribution in [0, 0.1) is 6.92 Å². The van der Waals surface area contributed by atoms with Crippen LogP contribution in [-0.2, 0) is 0 Å². The van der Waals surface area contributed by atoms with E-state index < -0.39 is 0 Å². The maximum atomic E-state index is 4.15. The van der Waals surface area contributed by atoms with Crippen molar-refractivity contribution in [1.29, 1.82) is 0 Å². The molecule has 0 spiro atoms. The lowest BCUT2D eigenvalue weighted by atomic mass is 9.89. The van der Waals surface area contributed by atoms with Gasteiger partial charge in [-0.25, -0.2) is 0 Å². The normalized spacial score (nSPS) is 12.8. The van der Waals surface area contributed by atoms with Crippen LogP contribution in [-0.4, -0.2) is 0 Å². The molecule has 0 radical (unpaired) electrons. The molecule has 0 saturated heterocycles. The molecule has 1 rings (SSSR count). The SMILES string of the molecule is C=C(C)[C@H](/C=C/CCCCCC)c1ccccc1C. The molecule has 0 saturated carbocycles. The number of rotatable bonds is 8. The average molecular weight is 256 g/mol. The van der Waals surface area contributed by atoms with E-state index in [1.807, 2.05) is 0 Å². The Bertz CT molecular complexity index is 412. The van der Waals surface area contributed by atoms with E-state index in [2.05, 4.69) is 63.8 Å². The van der Waals surface area contributed by atoms with Crippen LogP contribution in [0.5, 0.6) is 0 Å². The van der Waals surface area contributed by atoms with Crippen LogP contribution in [0.2, 0.25) is 0 Å². The number of allylic oxidation sites excluding steroid dienone is 3. The van der Waals surface area contributed by atoms with Gasteiger partial charge in [0.25, 0.3) is 0 Å². The monoisotopic (exact) mass is 256 g/mol. The van der Waals surface area contributed by atoms with Crippen molar-refractivity contribution in [2.24, 2.45) is 0 Å². The molecule has 0 heteroatoms. The first kappa shape index (κ1) is 15.8. The van der Waals surface area contributed by atoms with Gasteiger partial charge in [0.2, 0.25) is 0 Å². The average Bonchev–Trinajstić information content (AvgIpc) is 2.39. The topological polar surface area (TPSA) is 0 Å². The minimum Gasteiger partial charge on any atom is -0.0992 e. The second-order valence-electron chi connectivity index (χ2n) is 5.46. The molecule has 0 bridgehead atoms. The number of hydrogen-bond acceptors (Lipinski definition) is 0. The molecule has 0 heterocycles. The maximum absolute atomic E-state index is 4.15. The molecule has 0 aromatic heterocycles. The Hall–Kier alpha value is -1.30. The molecular formula is C19H28. The summed E-state index contributed by atoms with van der Waals surface area (Å²) < 4.78 is 0. The van der Waals surface area contributed by atoms with E-state index in [0.717, 1.165) is 0 Å². The van der Waals surface area contributed by atoms with Gasteiger partial charge in [-0.2, -0.15) is 0 Å². The first-order chi connectivity index (χ1) is 9.16. The van der Waals surface area contributed by atoms with Gasteiger partial charge >= 0.3 is 0 Å². The summed E-state index contributed by atoms with van der Waals surface area (Å²) in [4.78, 5) is 0. The molecule has 0 nitrogen and oxygen atoms in total. The van der Waals surface area contributed by atoms with Crippen LogP contribution in [0.3, 0.4) is 0 Å². The molecule has 0 fully saturated rings. The predicted molar refractivity (Wildman–Crippen MR) is 86.6 cm³/mol. The summed E-state index contributed by atoms with van der Waals surface area (Å²) in [5.41, 5.74) is 3.96. The summed E-state index contributed by atoms with van der Waals surface area (Å²) in [6.07, 6.45) is 11.2. The molecule has 0 amide bonds. The fourth-order valence-corrected chi connectivity index (χ4v) is 2.39. The van der Waals surface area contributed by atoms with E-state index in [4.69, 9.17) is 0 Å². The lowest BCUT2D eigenvalue weighted by Gasteiger charge is -2.16. The summed E-state index contributed by atoms with van der Waals surface area (Å²) in [6.45, 7) is 10.7. The second-order valence-corrected chi connectivity index (χ2v) is 5.46. The van der Waals surface area contributed by atoms with Crippen LogP contribution in [0.1, 0.15) is 63.0 Å². The van der Waals surface area contributed by atoms with Gasteiger partial charge in [0.15, 0.2) is 0 Å². The van der Waals surface area contributed by atoms with E-state index in [1.54, 1.807) is 0 Å². The van der Waals surface area contributed by atoms with Gasteiger partial charge in [-0.05, 0) is 37.8 Å². The fraction of sp³-hybridized carbons (Fsp3) is 0.474. The Balaban J connectivity index is 2.62. The summed E-state index contributed by atoms with van der Waals surface area (Å²) >= 11 is 0. The third-order valence-electron chi connectivity index (χ3n) is 3.61. The third kappa shape index (κ3) is 5.46. The molecule has 19 heavy (non-hydrogen) atoms. The molecule has 0 aliphatic rings. The van der Waals surface area contributed by atoms with E-state index in [-0.39, 0.29) is 0 Å². The number of aryl methyl sites for hydroxylation is 1. The lowest BCUT2D eigenvalue weighted by Crippen LogP contribution is -1.98. The van der Waals surface area contributed by atoms with E-state index in [0.29, 0.717) is 5.92 Å². The fourth-order valence-electron chi connectivity index (χ4n) is 2.39. The van der Waals surface area contributed by atoms with Crippen molar-refractivity contribution in [3.05, 3.63) is 59.7 Å². The summed E-state index contributed by atoms with van der Waals surface area (Å²) in [6, 6.07) is 8.62. The maximum Gasteiger partial charge on any atom is 0.0225 e. The van der Waals surface area contributed by atoms with Crippen LogP contribution in [0.15, 0.2) is 48.6 Å². The molecule has 1 atom stereocenters. The Morgan fingerprint density at radius 1 is 1.21 bits per heavy atom. The van der Waals surface area contributed by atoms with Gasteiger partial charge in [0, 0.05) is 5.92 Å². The van der Waals surface area contributed by atoms with Crippen LogP contribution in [0.25, 0.3) is 0 Å². The molecule has 1 aromatic rings. The lowest BCUT2D eigenvalue weighted by molar-refractivity contribution is 0.673. The van der Waals surface area contributed by atoms with Crippen LogP contribution < -0.4 is 0 Å². The molecule has 0 unspecified atom stereocenters. The smallest absolute Gasteiger partial charge is 0.0225 e. The highest BCUT2D eigenvalue weighted by molar-refractivity contribution is 5.37. The minimum absolute atomic E-state index is 0.368. The van der Waals surface area contributed by atoms with Gasteiger partial charge < -0.3 is 0 Å². The summed E-state index contributed by atoms with van der Waals surface area (Å²) in [7, 11) is 0.